The zero-order valence-corrected chi connectivity index (χ0v) is 16.2. The van der Waals surface area contributed by atoms with E-state index in [0.717, 1.165) is 50.9 Å². The highest BCUT2D eigenvalue weighted by Crippen LogP contribution is 2.22. The van der Waals surface area contributed by atoms with Crippen LogP contribution in [0, 0.1) is 18.8 Å². The molecule has 1 atom stereocenters. The molecule has 2 saturated heterocycles. The van der Waals surface area contributed by atoms with Gasteiger partial charge in [-0.2, -0.15) is 0 Å². The Kier molecular flexibility index (Phi) is 6.32. The molecular formula is C19H29N3O3S. The normalized spacial score (nSPS) is 22.3. The van der Waals surface area contributed by atoms with Gasteiger partial charge in [0.15, 0.2) is 0 Å². The van der Waals surface area contributed by atoms with Gasteiger partial charge in [-0.05, 0) is 63.7 Å². The van der Waals surface area contributed by atoms with Crippen molar-refractivity contribution in [2.24, 2.45) is 11.8 Å². The number of nitrogens with one attached hydrogen (secondary N) is 2. The molecule has 2 N–H and O–H groups in total. The van der Waals surface area contributed by atoms with Gasteiger partial charge in [0.25, 0.3) is 0 Å². The van der Waals surface area contributed by atoms with Crippen molar-refractivity contribution in [1.82, 2.24) is 14.9 Å². The van der Waals surface area contributed by atoms with Gasteiger partial charge in [-0.25, -0.2) is 13.1 Å². The van der Waals surface area contributed by atoms with Crippen LogP contribution in [0.15, 0.2) is 29.2 Å². The monoisotopic (exact) mass is 379 g/mol. The summed E-state index contributed by atoms with van der Waals surface area (Å²) in [5, 5.41) is 3.29. The Balaban J connectivity index is 1.54. The molecule has 3 rings (SSSR count). The van der Waals surface area contributed by atoms with Gasteiger partial charge in [0.1, 0.15) is 0 Å². The SMILES string of the molecule is Cc1ccc(S(=O)(=O)NCC2CCCN(C(=O)C3CCNCC3)C2)cc1. The number of aryl methyl sites for hydroxylation is 1. The van der Waals surface area contributed by atoms with E-state index in [1.54, 1.807) is 24.3 Å². The van der Waals surface area contributed by atoms with E-state index in [4.69, 9.17) is 0 Å². The topological polar surface area (TPSA) is 78.5 Å². The number of hydrogen-bond acceptors (Lipinski definition) is 4. The molecule has 0 spiro atoms. The van der Waals surface area contributed by atoms with Crippen LogP contribution in [-0.2, 0) is 14.8 Å². The van der Waals surface area contributed by atoms with E-state index in [1.807, 2.05) is 11.8 Å². The Morgan fingerprint density at radius 2 is 1.88 bits per heavy atom. The fourth-order valence-corrected chi connectivity index (χ4v) is 4.90. The van der Waals surface area contributed by atoms with Crippen molar-refractivity contribution >= 4 is 15.9 Å². The van der Waals surface area contributed by atoms with Crippen molar-refractivity contribution in [3.63, 3.8) is 0 Å². The van der Waals surface area contributed by atoms with Gasteiger partial charge in [0.05, 0.1) is 4.90 Å². The summed E-state index contributed by atoms with van der Waals surface area (Å²) in [5.41, 5.74) is 1.03. The van der Waals surface area contributed by atoms with Crippen LogP contribution in [0.5, 0.6) is 0 Å². The predicted octanol–water partition coefficient (Wildman–Crippen LogP) is 1.51. The molecule has 7 heteroatoms. The number of carbonyl (C=O) groups excluding carboxylic acids is 1. The highest BCUT2D eigenvalue weighted by atomic mass is 32.2. The molecular weight excluding hydrogens is 350 g/mol. The van der Waals surface area contributed by atoms with Gasteiger partial charge in [-0.1, -0.05) is 17.7 Å². The van der Waals surface area contributed by atoms with Crippen LogP contribution in [0.2, 0.25) is 0 Å². The van der Waals surface area contributed by atoms with Crippen molar-refractivity contribution in [3.05, 3.63) is 29.8 Å². The number of nitrogens with zero attached hydrogens (tertiary/aromatic N) is 1. The van der Waals surface area contributed by atoms with Crippen molar-refractivity contribution in [1.29, 1.82) is 0 Å². The van der Waals surface area contributed by atoms with Gasteiger partial charge in [0.2, 0.25) is 15.9 Å². The summed E-state index contributed by atoms with van der Waals surface area (Å²) in [7, 11) is -3.50. The zero-order chi connectivity index (χ0) is 18.6. The molecule has 1 aromatic carbocycles. The van der Waals surface area contributed by atoms with Crippen LogP contribution in [0.4, 0.5) is 0 Å². The fraction of sp³-hybridized carbons (Fsp3) is 0.632. The molecule has 144 valence electrons. The average Bonchev–Trinajstić information content (AvgIpc) is 2.67. The first-order valence-electron chi connectivity index (χ1n) is 9.51. The van der Waals surface area contributed by atoms with Crippen molar-refractivity contribution in [3.8, 4) is 0 Å². The summed E-state index contributed by atoms with van der Waals surface area (Å²) in [5.74, 6) is 0.548. The summed E-state index contributed by atoms with van der Waals surface area (Å²) in [6.07, 6.45) is 3.69. The average molecular weight is 380 g/mol. The minimum atomic E-state index is -3.50. The quantitative estimate of drug-likeness (QED) is 0.813. The first-order chi connectivity index (χ1) is 12.5. The number of hydrogen-bond donors (Lipinski definition) is 2. The van der Waals surface area contributed by atoms with E-state index in [-0.39, 0.29) is 17.7 Å². The van der Waals surface area contributed by atoms with Gasteiger partial charge in [-0.3, -0.25) is 4.79 Å². The number of amides is 1. The Hall–Kier alpha value is -1.44. The van der Waals surface area contributed by atoms with E-state index in [9.17, 15) is 13.2 Å². The Bertz CT molecular complexity index is 712. The Labute approximate surface area is 156 Å². The van der Waals surface area contributed by atoms with Crippen molar-refractivity contribution < 1.29 is 13.2 Å². The highest BCUT2D eigenvalue weighted by Gasteiger charge is 2.30. The third kappa shape index (κ3) is 4.84. The van der Waals surface area contributed by atoms with E-state index in [0.29, 0.717) is 18.0 Å². The lowest BCUT2D eigenvalue weighted by Crippen LogP contribution is -2.47. The van der Waals surface area contributed by atoms with Crippen LogP contribution >= 0.6 is 0 Å². The highest BCUT2D eigenvalue weighted by molar-refractivity contribution is 7.89. The van der Waals surface area contributed by atoms with Gasteiger partial charge in [0, 0.05) is 25.6 Å². The summed E-state index contributed by atoms with van der Waals surface area (Å²) in [6.45, 7) is 5.57. The van der Waals surface area contributed by atoms with E-state index in [1.165, 1.54) is 0 Å². The number of likely N-dealkylation sites (tertiary alicyclic amines) is 1. The van der Waals surface area contributed by atoms with Gasteiger partial charge >= 0.3 is 0 Å². The Morgan fingerprint density at radius 1 is 1.19 bits per heavy atom. The number of piperidine rings is 2. The summed E-state index contributed by atoms with van der Waals surface area (Å²) in [4.78, 5) is 15.0. The molecule has 1 unspecified atom stereocenters. The standard InChI is InChI=1S/C19H29N3O3S/c1-15-4-6-18(7-5-15)26(24,25)21-13-16-3-2-12-22(14-16)19(23)17-8-10-20-11-9-17/h4-7,16-17,20-21H,2-3,8-14H2,1H3. The second-order valence-corrected chi connectivity index (χ2v) is 9.25. The summed E-state index contributed by atoms with van der Waals surface area (Å²) < 4.78 is 27.6. The van der Waals surface area contributed by atoms with E-state index in [2.05, 4.69) is 10.0 Å². The van der Waals surface area contributed by atoms with Gasteiger partial charge in [-0.15, -0.1) is 0 Å². The molecule has 2 aliphatic rings. The maximum Gasteiger partial charge on any atom is 0.240 e. The summed E-state index contributed by atoms with van der Waals surface area (Å²) in [6, 6.07) is 6.86. The maximum atomic E-state index is 12.7. The number of sulfonamides is 1. The molecule has 0 radical (unpaired) electrons. The third-order valence-electron chi connectivity index (χ3n) is 5.41. The lowest BCUT2D eigenvalue weighted by Gasteiger charge is -2.36. The predicted molar refractivity (Wildman–Crippen MR) is 101 cm³/mol. The molecule has 26 heavy (non-hydrogen) atoms. The molecule has 1 amide bonds. The van der Waals surface area contributed by atoms with Crippen LogP contribution in [0.1, 0.15) is 31.2 Å². The maximum absolute atomic E-state index is 12.7. The molecule has 2 fully saturated rings. The van der Waals surface area contributed by atoms with E-state index >= 15 is 0 Å². The number of carbonyl (C=O) groups is 1. The molecule has 0 aromatic heterocycles. The zero-order valence-electron chi connectivity index (χ0n) is 15.4. The van der Waals surface area contributed by atoms with Crippen molar-refractivity contribution in [2.45, 2.75) is 37.5 Å². The lowest BCUT2D eigenvalue weighted by molar-refractivity contribution is -0.138. The lowest BCUT2D eigenvalue weighted by atomic mass is 9.93. The minimum absolute atomic E-state index is 0.124. The molecule has 2 aliphatic heterocycles. The number of rotatable bonds is 5. The van der Waals surface area contributed by atoms with Crippen LogP contribution in [-0.4, -0.2) is 51.9 Å². The largest absolute Gasteiger partial charge is 0.342 e. The second kappa shape index (κ2) is 8.50. The molecule has 2 heterocycles. The van der Waals surface area contributed by atoms with Crippen LogP contribution in [0.25, 0.3) is 0 Å². The fourth-order valence-electron chi connectivity index (χ4n) is 3.79. The van der Waals surface area contributed by atoms with Gasteiger partial charge < -0.3 is 10.2 Å². The molecule has 6 nitrogen and oxygen atoms in total. The minimum Gasteiger partial charge on any atom is -0.342 e. The number of benzene rings is 1. The van der Waals surface area contributed by atoms with Crippen LogP contribution in [0.3, 0.4) is 0 Å². The molecule has 0 aliphatic carbocycles. The molecule has 0 saturated carbocycles. The second-order valence-electron chi connectivity index (χ2n) is 7.48. The Morgan fingerprint density at radius 3 is 2.58 bits per heavy atom. The third-order valence-corrected chi connectivity index (χ3v) is 6.85. The van der Waals surface area contributed by atoms with Crippen molar-refractivity contribution in [2.75, 3.05) is 32.7 Å². The first kappa shape index (κ1) is 19.3. The van der Waals surface area contributed by atoms with E-state index < -0.39 is 10.0 Å². The summed E-state index contributed by atoms with van der Waals surface area (Å²) >= 11 is 0. The smallest absolute Gasteiger partial charge is 0.240 e. The molecule has 1 aromatic rings. The molecule has 0 bridgehead atoms. The first-order valence-corrected chi connectivity index (χ1v) is 11.0. The van der Waals surface area contributed by atoms with Crippen LogP contribution < -0.4 is 10.0 Å².